The van der Waals surface area contributed by atoms with Gasteiger partial charge in [-0.3, -0.25) is 0 Å². The Bertz CT molecular complexity index is 469. The van der Waals surface area contributed by atoms with E-state index in [1.165, 1.54) is 12.8 Å². The first-order valence-electron chi connectivity index (χ1n) is 7.98. The summed E-state index contributed by atoms with van der Waals surface area (Å²) >= 11 is 0. The van der Waals surface area contributed by atoms with Gasteiger partial charge in [0.1, 0.15) is 17.5 Å². The molecule has 1 saturated carbocycles. The molecular weight excluding hydrogens is 264 g/mol. The van der Waals surface area contributed by atoms with Crippen LogP contribution in [-0.2, 0) is 0 Å². The van der Waals surface area contributed by atoms with E-state index >= 15 is 0 Å². The average molecular weight is 292 g/mol. The van der Waals surface area contributed by atoms with Crippen molar-refractivity contribution in [3.63, 3.8) is 0 Å². The van der Waals surface area contributed by atoms with Gasteiger partial charge in [-0.15, -0.1) is 0 Å². The van der Waals surface area contributed by atoms with Crippen LogP contribution < -0.4 is 10.6 Å². The molecule has 1 aromatic rings. The minimum absolute atomic E-state index is 0.464. The van der Waals surface area contributed by atoms with Gasteiger partial charge < -0.3 is 15.7 Å². The zero-order valence-electron chi connectivity index (χ0n) is 13.6. The molecule has 0 aromatic carbocycles. The SMILES string of the molecule is CCNc1cc(NCC(C)(O)CC(C)C)nc(C2CC2)n1. The van der Waals surface area contributed by atoms with Gasteiger partial charge in [-0.1, -0.05) is 13.8 Å². The van der Waals surface area contributed by atoms with Crippen molar-refractivity contribution in [3.05, 3.63) is 11.9 Å². The van der Waals surface area contributed by atoms with Crippen LogP contribution in [0.3, 0.4) is 0 Å². The molecule has 1 aliphatic carbocycles. The van der Waals surface area contributed by atoms with Crippen LogP contribution in [0.1, 0.15) is 58.7 Å². The monoisotopic (exact) mass is 292 g/mol. The number of hydrogen-bond donors (Lipinski definition) is 3. The second-order valence-electron chi connectivity index (χ2n) is 6.75. The Balaban J connectivity index is 2.04. The molecule has 3 N–H and O–H groups in total. The highest BCUT2D eigenvalue weighted by molar-refractivity contribution is 5.48. The quantitative estimate of drug-likeness (QED) is 0.687. The van der Waals surface area contributed by atoms with Gasteiger partial charge in [0, 0.05) is 25.1 Å². The summed E-state index contributed by atoms with van der Waals surface area (Å²) in [5.74, 6) is 3.55. The van der Waals surface area contributed by atoms with Crippen LogP contribution >= 0.6 is 0 Å². The van der Waals surface area contributed by atoms with E-state index in [1.807, 2.05) is 13.0 Å². The summed E-state index contributed by atoms with van der Waals surface area (Å²) in [6, 6.07) is 1.92. The number of aliphatic hydroxyl groups is 1. The number of hydrogen-bond acceptors (Lipinski definition) is 5. The maximum Gasteiger partial charge on any atom is 0.136 e. The van der Waals surface area contributed by atoms with Gasteiger partial charge in [0.15, 0.2) is 0 Å². The summed E-state index contributed by atoms with van der Waals surface area (Å²) in [5.41, 5.74) is -0.725. The van der Waals surface area contributed by atoms with Crippen molar-refractivity contribution in [3.8, 4) is 0 Å². The first-order valence-corrected chi connectivity index (χ1v) is 7.98. The third-order valence-corrected chi connectivity index (χ3v) is 3.54. The predicted octanol–water partition coefficient (Wildman–Crippen LogP) is 2.99. The molecule has 5 nitrogen and oxygen atoms in total. The molecule has 118 valence electrons. The lowest BCUT2D eigenvalue weighted by Gasteiger charge is -2.26. The lowest BCUT2D eigenvalue weighted by atomic mass is 9.94. The molecule has 0 bridgehead atoms. The fourth-order valence-corrected chi connectivity index (χ4v) is 2.58. The smallest absolute Gasteiger partial charge is 0.136 e. The fourth-order valence-electron chi connectivity index (χ4n) is 2.58. The molecule has 0 amide bonds. The van der Waals surface area contributed by atoms with Crippen LogP contribution in [0.5, 0.6) is 0 Å². The van der Waals surface area contributed by atoms with E-state index in [2.05, 4.69) is 41.4 Å². The van der Waals surface area contributed by atoms with E-state index in [9.17, 15) is 5.11 Å². The molecular formula is C16H28N4O. The summed E-state index contributed by atoms with van der Waals surface area (Å²) in [6.07, 6.45) is 3.13. The van der Waals surface area contributed by atoms with Gasteiger partial charge in [-0.05, 0) is 39.0 Å². The van der Waals surface area contributed by atoms with Crippen molar-refractivity contribution >= 4 is 11.6 Å². The predicted molar refractivity (Wildman–Crippen MR) is 86.7 cm³/mol. The van der Waals surface area contributed by atoms with E-state index in [-0.39, 0.29) is 0 Å². The topological polar surface area (TPSA) is 70.1 Å². The van der Waals surface area contributed by atoms with Crippen LogP contribution in [0.25, 0.3) is 0 Å². The molecule has 5 heteroatoms. The summed E-state index contributed by atoms with van der Waals surface area (Å²) in [5, 5.41) is 16.9. The second kappa shape index (κ2) is 6.60. The third kappa shape index (κ3) is 5.16. The standard InChI is InChI=1S/C16H28N4O/c1-5-17-13-8-14(20-15(19-13)12-6-7-12)18-10-16(4,21)9-11(2)3/h8,11-12,21H,5-7,9-10H2,1-4H3,(H2,17,18,19,20). The summed E-state index contributed by atoms with van der Waals surface area (Å²) in [4.78, 5) is 9.14. The molecule has 21 heavy (non-hydrogen) atoms. The molecule has 1 aliphatic rings. The van der Waals surface area contributed by atoms with Crippen LogP contribution in [0.2, 0.25) is 0 Å². The molecule has 0 saturated heterocycles. The summed E-state index contributed by atoms with van der Waals surface area (Å²) < 4.78 is 0. The van der Waals surface area contributed by atoms with Crippen molar-refractivity contribution < 1.29 is 5.11 Å². The second-order valence-corrected chi connectivity index (χ2v) is 6.75. The van der Waals surface area contributed by atoms with Crippen LogP contribution in [0, 0.1) is 5.92 Å². The van der Waals surface area contributed by atoms with Gasteiger partial charge in [0.25, 0.3) is 0 Å². The maximum absolute atomic E-state index is 10.4. The van der Waals surface area contributed by atoms with Crippen molar-refractivity contribution in [1.29, 1.82) is 0 Å². The molecule has 1 heterocycles. The van der Waals surface area contributed by atoms with E-state index in [1.54, 1.807) is 0 Å². The van der Waals surface area contributed by atoms with Crippen molar-refractivity contribution in [1.82, 2.24) is 9.97 Å². The Kier molecular flexibility index (Phi) is 5.04. The number of aromatic nitrogens is 2. The molecule has 0 aliphatic heterocycles. The Hall–Kier alpha value is -1.36. The Morgan fingerprint density at radius 3 is 2.43 bits per heavy atom. The Labute approximate surface area is 127 Å². The van der Waals surface area contributed by atoms with E-state index in [4.69, 9.17) is 0 Å². The number of nitrogens with one attached hydrogen (secondary N) is 2. The number of anilines is 2. The molecule has 0 spiro atoms. The van der Waals surface area contributed by atoms with Crippen molar-refractivity contribution in [2.45, 2.75) is 58.5 Å². The van der Waals surface area contributed by atoms with E-state index in [0.717, 1.165) is 30.4 Å². The molecule has 1 atom stereocenters. The summed E-state index contributed by atoms with van der Waals surface area (Å²) in [6.45, 7) is 9.50. The van der Waals surface area contributed by atoms with Crippen LogP contribution in [0.4, 0.5) is 11.6 Å². The lowest BCUT2D eigenvalue weighted by Crippen LogP contribution is -2.35. The minimum Gasteiger partial charge on any atom is -0.388 e. The number of nitrogens with zero attached hydrogens (tertiary/aromatic N) is 2. The van der Waals surface area contributed by atoms with Crippen LogP contribution in [-0.4, -0.2) is 33.8 Å². The highest BCUT2D eigenvalue weighted by atomic mass is 16.3. The first kappa shape index (κ1) is 16.0. The highest BCUT2D eigenvalue weighted by Crippen LogP contribution is 2.38. The first-order chi connectivity index (χ1) is 9.89. The van der Waals surface area contributed by atoms with E-state index in [0.29, 0.717) is 18.4 Å². The van der Waals surface area contributed by atoms with Gasteiger partial charge in [-0.2, -0.15) is 0 Å². The minimum atomic E-state index is -0.725. The summed E-state index contributed by atoms with van der Waals surface area (Å²) in [7, 11) is 0. The molecule has 2 rings (SSSR count). The molecule has 1 unspecified atom stereocenters. The molecule has 0 radical (unpaired) electrons. The molecule has 1 fully saturated rings. The van der Waals surface area contributed by atoms with E-state index < -0.39 is 5.60 Å². The van der Waals surface area contributed by atoms with Gasteiger partial charge in [-0.25, -0.2) is 9.97 Å². The zero-order valence-corrected chi connectivity index (χ0v) is 13.6. The van der Waals surface area contributed by atoms with Gasteiger partial charge in [0.05, 0.1) is 5.60 Å². The third-order valence-electron chi connectivity index (χ3n) is 3.54. The average Bonchev–Trinajstić information content (AvgIpc) is 3.19. The Morgan fingerprint density at radius 2 is 1.90 bits per heavy atom. The maximum atomic E-state index is 10.4. The normalized spacial score (nSPS) is 17.6. The largest absolute Gasteiger partial charge is 0.388 e. The van der Waals surface area contributed by atoms with Crippen LogP contribution in [0.15, 0.2) is 6.07 Å². The van der Waals surface area contributed by atoms with Gasteiger partial charge in [0.2, 0.25) is 0 Å². The lowest BCUT2D eigenvalue weighted by molar-refractivity contribution is 0.0514. The van der Waals surface area contributed by atoms with Crippen molar-refractivity contribution in [2.75, 3.05) is 23.7 Å². The Morgan fingerprint density at radius 1 is 1.29 bits per heavy atom. The fraction of sp³-hybridized carbons (Fsp3) is 0.750. The highest BCUT2D eigenvalue weighted by Gasteiger charge is 2.28. The van der Waals surface area contributed by atoms with Crippen molar-refractivity contribution in [2.24, 2.45) is 5.92 Å². The number of rotatable bonds is 8. The molecule has 1 aromatic heterocycles. The van der Waals surface area contributed by atoms with Gasteiger partial charge >= 0.3 is 0 Å². The zero-order chi connectivity index (χ0) is 15.5.